The van der Waals surface area contributed by atoms with Crippen molar-refractivity contribution >= 4 is 0 Å². The van der Waals surface area contributed by atoms with E-state index in [1.807, 2.05) is 0 Å². The van der Waals surface area contributed by atoms with Crippen molar-refractivity contribution in [1.29, 1.82) is 0 Å². The zero-order valence-electron chi connectivity index (χ0n) is 6.88. The summed E-state index contributed by atoms with van der Waals surface area (Å²) in [5.74, 6) is 0. The minimum Gasteiger partial charge on any atom is -0.394 e. The molecule has 0 spiro atoms. The van der Waals surface area contributed by atoms with Crippen molar-refractivity contribution in [1.82, 2.24) is 0 Å². The van der Waals surface area contributed by atoms with Crippen LogP contribution in [0.15, 0.2) is 0 Å². The van der Waals surface area contributed by atoms with E-state index in [9.17, 15) is 10.2 Å². The highest BCUT2D eigenvalue weighted by molar-refractivity contribution is 4.85. The van der Waals surface area contributed by atoms with E-state index < -0.39 is 24.6 Å². The Kier molecular flexibility index (Phi) is 3.42. The Labute approximate surface area is 70.5 Å². The van der Waals surface area contributed by atoms with Crippen LogP contribution in [0.3, 0.4) is 0 Å². The molecular weight excluding hydrogens is 164 g/mol. The summed E-state index contributed by atoms with van der Waals surface area (Å²) in [5.41, 5.74) is 0. The third-order valence-electron chi connectivity index (χ3n) is 1.83. The van der Waals surface area contributed by atoms with Crippen molar-refractivity contribution in [2.24, 2.45) is 0 Å². The van der Waals surface area contributed by atoms with Gasteiger partial charge in [0.15, 0.2) is 6.29 Å². The zero-order chi connectivity index (χ0) is 9.14. The van der Waals surface area contributed by atoms with E-state index in [4.69, 9.17) is 14.6 Å². The molecule has 1 rings (SSSR count). The van der Waals surface area contributed by atoms with Gasteiger partial charge >= 0.3 is 0 Å². The molecular formula is C7H14O5. The summed E-state index contributed by atoms with van der Waals surface area (Å²) in [6.07, 6.45) is -3.69. The van der Waals surface area contributed by atoms with Gasteiger partial charge in [-0.15, -0.1) is 0 Å². The smallest absolute Gasteiger partial charge is 0.186 e. The summed E-state index contributed by atoms with van der Waals surface area (Å²) < 4.78 is 9.98. The van der Waals surface area contributed by atoms with Crippen molar-refractivity contribution in [2.75, 3.05) is 13.2 Å². The molecule has 5 nitrogen and oxygen atoms in total. The molecule has 1 heterocycles. The van der Waals surface area contributed by atoms with Crippen LogP contribution in [0.25, 0.3) is 0 Å². The minimum atomic E-state index is -1.07. The van der Waals surface area contributed by atoms with Crippen LogP contribution in [-0.4, -0.2) is 53.1 Å². The molecule has 4 atom stereocenters. The highest BCUT2D eigenvalue weighted by atomic mass is 16.7. The first-order valence-corrected chi connectivity index (χ1v) is 3.94. The molecule has 0 aromatic heterocycles. The second-order valence-corrected chi connectivity index (χ2v) is 2.66. The van der Waals surface area contributed by atoms with Crippen molar-refractivity contribution in [2.45, 2.75) is 31.5 Å². The van der Waals surface area contributed by atoms with Crippen LogP contribution in [0.2, 0.25) is 0 Å². The lowest BCUT2D eigenvalue weighted by atomic mass is 10.1. The third kappa shape index (κ3) is 1.75. The summed E-state index contributed by atoms with van der Waals surface area (Å²) in [6, 6.07) is 0. The van der Waals surface area contributed by atoms with E-state index >= 15 is 0 Å². The summed E-state index contributed by atoms with van der Waals surface area (Å²) in [7, 11) is 0. The number of aliphatic hydroxyl groups is 3. The maximum Gasteiger partial charge on any atom is 0.186 e. The van der Waals surface area contributed by atoms with Crippen LogP contribution in [0.1, 0.15) is 6.92 Å². The second-order valence-electron chi connectivity index (χ2n) is 2.66. The minimum absolute atomic E-state index is 0.318. The molecule has 1 saturated heterocycles. The van der Waals surface area contributed by atoms with Gasteiger partial charge in [-0.05, 0) is 6.92 Å². The number of hydrogen-bond acceptors (Lipinski definition) is 5. The number of aliphatic hydroxyl groups excluding tert-OH is 3. The molecule has 0 amide bonds. The Bertz CT molecular complexity index is 140. The van der Waals surface area contributed by atoms with Gasteiger partial charge in [-0.3, -0.25) is 0 Å². The SMILES string of the molecule is CCO[C@H]1O[C@@H](CO)[C@H](O)[C@H]1O. The summed E-state index contributed by atoms with van der Waals surface area (Å²) in [4.78, 5) is 0. The zero-order valence-corrected chi connectivity index (χ0v) is 6.88. The topological polar surface area (TPSA) is 79.2 Å². The highest BCUT2D eigenvalue weighted by Gasteiger charge is 2.42. The lowest BCUT2D eigenvalue weighted by molar-refractivity contribution is -0.166. The molecule has 72 valence electrons. The van der Waals surface area contributed by atoms with E-state index in [0.29, 0.717) is 6.61 Å². The maximum absolute atomic E-state index is 9.28. The maximum atomic E-state index is 9.28. The molecule has 0 aliphatic carbocycles. The van der Waals surface area contributed by atoms with Gasteiger partial charge < -0.3 is 24.8 Å². The first-order chi connectivity index (χ1) is 5.70. The second kappa shape index (κ2) is 4.15. The molecule has 5 heteroatoms. The van der Waals surface area contributed by atoms with Crippen LogP contribution >= 0.6 is 0 Å². The van der Waals surface area contributed by atoms with E-state index in [1.165, 1.54) is 0 Å². The predicted octanol–water partition coefficient (Wildman–Crippen LogP) is -1.54. The summed E-state index contributed by atoms with van der Waals surface area (Å²) in [6.45, 7) is 1.84. The molecule has 1 aliphatic heterocycles. The van der Waals surface area contributed by atoms with Crippen LogP contribution in [0, 0.1) is 0 Å². The van der Waals surface area contributed by atoms with Gasteiger partial charge in [0.25, 0.3) is 0 Å². The summed E-state index contributed by atoms with van der Waals surface area (Å²) >= 11 is 0. The van der Waals surface area contributed by atoms with Crippen LogP contribution < -0.4 is 0 Å². The number of ether oxygens (including phenoxy) is 2. The first-order valence-electron chi connectivity index (χ1n) is 3.94. The summed E-state index contributed by atoms with van der Waals surface area (Å²) in [5, 5.41) is 27.2. The number of rotatable bonds is 3. The molecule has 12 heavy (non-hydrogen) atoms. The Balaban J connectivity index is 2.48. The Hall–Kier alpha value is -0.200. The fraction of sp³-hybridized carbons (Fsp3) is 1.00. The standard InChI is InChI=1S/C7H14O5/c1-2-11-7-6(10)5(9)4(3-8)12-7/h4-10H,2-3H2,1H3/t4-,5-,6+,7-/m0/s1. The molecule has 0 radical (unpaired) electrons. The molecule has 0 unspecified atom stereocenters. The van der Waals surface area contributed by atoms with Crippen LogP contribution in [0.4, 0.5) is 0 Å². The first kappa shape index (κ1) is 9.88. The van der Waals surface area contributed by atoms with Gasteiger partial charge in [-0.2, -0.15) is 0 Å². The lowest BCUT2D eigenvalue weighted by Crippen LogP contribution is -2.34. The third-order valence-corrected chi connectivity index (χ3v) is 1.83. The Morgan fingerprint density at radius 1 is 1.33 bits per heavy atom. The van der Waals surface area contributed by atoms with Gasteiger partial charge in [0.2, 0.25) is 0 Å². The van der Waals surface area contributed by atoms with E-state index in [0.717, 1.165) is 0 Å². The van der Waals surface area contributed by atoms with Crippen molar-refractivity contribution in [3.8, 4) is 0 Å². The molecule has 0 bridgehead atoms. The van der Waals surface area contributed by atoms with E-state index in [-0.39, 0.29) is 6.61 Å². The predicted molar refractivity (Wildman–Crippen MR) is 39.4 cm³/mol. The van der Waals surface area contributed by atoms with Crippen LogP contribution in [0.5, 0.6) is 0 Å². The molecule has 1 aliphatic rings. The fourth-order valence-corrected chi connectivity index (χ4v) is 1.17. The largest absolute Gasteiger partial charge is 0.394 e. The normalized spacial score (nSPS) is 42.0. The van der Waals surface area contributed by atoms with E-state index in [2.05, 4.69) is 0 Å². The molecule has 0 aromatic rings. The van der Waals surface area contributed by atoms with E-state index in [1.54, 1.807) is 6.92 Å². The Morgan fingerprint density at radius 3 is 2.42 bits per heavy atom. The fourth-order valence-electron chi connectivity index (χ4n) is 1.17. The van der Waals surface area contributed by atoms with Crippen molar-refractivity contribution in [3.05, 3.63) is 0 Å². The quantitative estimate of drug-likeness (QED) is 0.488. The average molecular weight is 178 g/mol. The van der Waals surface area contributed by atoms with Gasteiger partial charge in [-0.25, -0.2) is 0 Å². The van der Waals surface area contributed by atoms with Crippen molar-refractivity contribution < 1.29 is 24.8 Å². The lowest BCUT2D eigenvalue weighted by Gasteiger charge is -2.13. The Morgan fingerprint density at radius 2 is 2.00 bits per heavy atom. The monoisotopic (exact) mass is 178 g/mol. The van der Waals surface area contributed by atoms with Crippen molar-refractivity contribution in [3.63, 3.8) is 0 Å². The average Bonchev–Trinajstić information content (AvgIpc) is 2.33. The van der Waals surface area contributed by atoms with Gasteiger partial charge in [0.05, 0.1) is 6.61 Å². The number of hydrogen-bond donors (Lipinski definition) is 3. The molecule has 1 fully saturated rings. The molecule has 3 N–H and O–H groups in total. The van der Waals surface area contributed by atoms with Crippen LogP contribution in [-0.2, 0) is 9.47 Å². The van der Waals surface area contributed by atoms with Gasteiger partial charge in [-0.1, -0.05) is 0 Å². The van der Waals surface area contributed by atoms with Gasteiger partial charge in [0, 0.05) is 6.61 Å². The highest BCUT2D eigenvalue weighted by Crippen LogP contribution is 2.21. The molecule has 0 saturated carbocycles. The van der Waals surface area contributed by atoms with Gasteiger partial charge in [0.1, 0.15) is 18.3 Å². The molecule has 0 aromatic carbocycles.